The molecule has 0 aliphatic carbocycles. The fraction of sp³-hybridized carbons (Fsp3) is 0.364. The summed E-state index contributed by atoms with van der Waals surface area (Å²) in [5.41, 5.74) is 0.795. The molecule has 0 saturated heterocycles. The quantitative estimate of drug-likeness (QED) is 0.564. The molecule has 0 saturated carbocycles. The van der Waals surface area contributed by atoms with Crippen LogP contribution in [0.5, 0.6) is 0 Å². The lowest BCUT2D eigenvalue weighted by Crippen LogP contribution is -2.40. The Kier molecular flexibility index (Phi) is 12.3. The van der Waals surface area contributed by atoms with Gasteiger partial charge in [0.05, 0.1) is 0 Å². The van der Waals surface area contributed by atoms with Gasteiger partial charge in [-0.05, 0) is 49.6 Å². The van der Waals surface area contributed by atoms with E-state index < -0.39 is 17.7 Å². The number of aryl methyl sites for hydroxylation is 1. The van der Waals surface area contributed by atoms with Crippen LogP contribution in [0.4, 0.5) is 24.5 Å². The van der Waals surface area contributed by atoms with E-state index in [1.54, 1.807) is 36.7 Å². The van der Waals surface area contributed by atoms with Gasteiger partial charge in [-0.25, -0.2) is 6.57 Å². The van der Waals surface area contributed by atoms with E-state index in [1.807, 2.05) is 12.1 Å². The van der Waals surface area contributed by atoms with Crippen molar-refractivity contribution in [2.24, 2.45) is 0 Å². The van der Waals surface area contributed by atoms with Crippen molar-refractivity contribution in [1.29, 1.82) is 0 Å². The number of benzene rings is 1. The molecule has 1 atom stereocenters. The number of pyridine rings is 1. The molecule has 2 amide bonds. The van der Waals surface area contributed by atoms with Crippen LogP contribution in [0.2, 0.25) is 0 Å². The van der Waals surface area contributed by atoms with Crippen LogP contribution in [0, 0.1) is 6.57 Å². The van der Waals surface area contributed by atoms with E-state index in [9.17, 15) is 27.9 Å². The lowest BCUT2D eigenvalue weighted by Gasteiger charge is -2.22. The molecule has 1 aromatic heterocycles. The third-order valence-corrected chi connectivity index (χ3v) is 3.60. The van der Waals surface area contributed by atoms with Crippen molar-refractivity contribution in [3.63, 3.8) is 0 Å². The first kappa shape index (κ1) is 28.5. The maximum Gasteiger partial charge on any atom is 0.386 e. The second-order valence-electron chi connectivity index (χ2n) is 6.85. The third-order valence-electron chi connectivity index (χ3n) is 3.60. The van der Waals surface area contributed by atoms with Crippen molar-refractivity contribution in [1.82, 2.24) is 4.98 Å². The van der Waals surface area contributed by atoms with Crippen LogP contribution in [0.15, 0.2) is 48.8 Å². The normalized spacial score (nSPS) is 11.8. The fourth-order valence-corrected chi connectivity index (χ4v) is 2.16. The molecule has 0 radical (unpaired) electrons. The van der Waals surface area contributed by atoms with Crippen LogP contribution in [0.1, 0.15) is 32.8 Å². The Morgan fingerprint density at radius 2 is 1.47 bits per heavy atom. The van der Waals surface area contributed by atoms with Gasteiger partial charge in [-0.15, -0.1) is 0 Å². The molecule has 10 heteroatoms. The van der Waals surface area contributed by atoms with Crippen LogP contribution < -0.4 is 10.6 Å². The Morgan fingerprint density at radius 1 is 1.03 bits per heavy atom. The molecule has 0 aliphatic rings. The molecule has 1 aromatic carbocycles. The van der Waals surface area contributed by atoms with Gasteiger partial charge in [0.1, 0.15) is 5.60 Å². The van der Waals surface area contributed by atoms with E-state index in [4.69, 9.17) is 6.57 Å². The van der Waals surface area contributed by atoms with Gasteiger partial charge in [-0.1, -0.05) is 12.1 Å². The number of nitrogens with zero attached hydrogens (tertiary/aromatic N) is 2. The molecular formula is C22H27F3N4O3. The predicted molar refractivity (Wildman–Crippen MR) is 117 cm³/mol. The summed E-state index contributed by atoms with van der Waals surface area (Å²) in [7, 11) is 1.42. The first-order valence-electron chi connectivity index (χ1n) is 9.41. The molecule has 7 nitrogen and oxygen atoms in total. The minimum atomic E-state index is -4.00. The third kappa shape index (κ3) is 14.5. The van der Waals surface area contributed by atoms with Gasteiger partial charge in [-0.3, -0.25) is 14.6 Å². The van der Waals surface area contributed by atoms with Crippen molar-refractivity contribution < 1.29 is 27.9 Å². The average molecular weight is 452 g/mol. The van der Waals surface area contributed by atoms with E-state index >= 15 is 0 Å². The molecule has 2 aromatic rings. The number of rotatable bonds is 6. The summed E-state index contributed by atoms with van der Waals surface area (Å²) in [5, 5.41) is 15.8. The lowest BCUT2D eigenvalue weighted by molar-refractivity contribution is -0.132. The number of aromatic nitrogens is 1. The topological polar surface area (TPSA) is 95.7 Å². The van der Waals surface area contributed by atoms with Crippen LogP contribution >= 0.6 is 0 Å². The standard InChI is InChI=1S/C18H21N3O3.C2H3F3.C2H3N/c1-13(22)20-15-5-3-14(4-6-15)7-10-18(2,24)17(23)21-16-8-11-19-12-9-16;1-2(3,4)5;1-3-2/h3-6,8-9,11-12,24H,7,10H2,1-2H3,(H,20,22)(H,19,21,23);1H3;1H3/t18-;;/m0../s1. The van der Waals surface area contributed by atoms with E-state index in [-0.39, 0.29) is 19.3 Å². The molecule has 3 N–H and O–H groups in total. The molecule has 32 heavy (non-hydrogen) atoms. The molecule has 0 spiro atoms. The number of carbonyl (C=O) groups is 2. The maximum absolute atomic E-state index is 12.2. The average Bonchev–Trinajstić information content (AvgIpc) is 2.67. The van der Waals surface area contributed by atoms with Crippen molar-refractivity contribution in [3.8, 4) is 0 Å². The summed E-state index contributed by atoms with van der Waals surface area (Å²) in [6, 6.07) is 10.6. The minimum Gasteiger partial charge on any atom is -0.380 e. The number of hydrogen-bond acceptors (Lipinski definition) is 4. The number of halogens is 3. The SMILES string of the molecule is CC(=O)Nc1ccc(CC[C@](C)(O)C(=O)Nc2ccncc2)cc1.CC(F)(F)F.[C-]#[N+]C. The Hall–Kier alpha value is -3.45. The van der Waals surface area contributed by atoms with Crippen LogP contribution in [-0.2, 0) is 16.0 Å². The zero-order valence-corrected chi connectivity index (χ0v) is 18.3. The largest absolute Gasteiger partial charge is 0.386 e. The zero-order valence-electron chi connectivity index (χ0n) is 18.3. The van der Waals surface area contributed by atoms with Crippen molar-refractivity contribution in [2.75, 3.05) is 17.7 Å². The number of alkyl halides is 3. The predicted octanol–water partition coefficient (Wildman–Crippen LogP) is 4.47. The molecule has 0 aliphatic heterocycles. The van der Waals surface area contributed by atoms with Gasteiger partial charge in [0.2, 0.25) is 13.0 Å². The Morgan fingerprint density at radius 3 is 1.91 bits per heavy atom. The van der Waals surface area contributed by atoms with Gasteiger partial charge in [0, 0.05) is 37.6 Å². The highest BCUT2D eigenvalue weighted by Crippen LogP contribution is 2.18. The molecular weight excluding hydrogens is 425 g/mol. The van der Waals surface area contributed by atoms with Crippen LogP contribution in [0.25, 0.3) is 4.85 Å². The van der Waals surface area contributed by atoms with Gasteiger partial charge in [-0.2, -0.15) is 13.2 Å². The van der Waals surface area contributed by atoms with Gasteiger partial charge >= 0.3 is 6.18 Å². The maximum atomic E-state index is 12.2. The summed E-state index contributed by atoms with van der Waals surface area (Å²) in [6.45, 7) is 8.97. The monoisotopic (exact) mass is 452 g/mol. The van der Waals surface area contributed by atoms with E-state index in [0.29, 0.717) is 17.8 Å². The number of amides is 2. The number of anilines is 2. The van der Waals surface area contributed by atoms with Crippen molar-refractivity contribution in [3.05, 3.63) is 65.8 Å². The zero-order chi connectivity index (χ0) is 24.8. The van der Waals surface area contributed by atoms with Gasteiger partial charge < -0.3 is 20.6 Å². The van der Waals surface area contributed by atoms with Gasteiger partial charge in [0.25, 0.3) is 5.91 Å². The number of nitrogens with one attached hydrogen (secondary N) is 2. The second-order valence-corrected chi connectivity index (χ2v) is 6.85. The highest BCUT2D eigenvalue weighted by atomic mass is 19.4. The summed E-state index contributed by atoms with van der Waals surface area (Å²) in [4.78, 5) is 29.8. The molecule has 0 unspecified atom stereocenters. The van der Waals surface area contributed by atoms with Crippen molar-refractivity contribution in [2.45, 2.75) is 45.4 Å². The minimum absolute atomic E-state index is 0.126. The molecule has 174 valence electrons. The number of hydrogen-bond donors (Lipinski definition) is 3. The fourth-order valence-electron chi connectivity index (χ4n) is 2.16. The van der Waals surface area contributed by atoms with E-state index in [1.165, 1.54) is 20.9 Å². The van der Waals surface area contributed by atoms with Crippen molar-refractivity contribution >= 4 is 23.2 Å². The summed E-state index contributed by atoms with van der Waals surface area (Å²) >= 11 is 0. The molecule has 0 bridgehead atoms. The van der Waals surface area contributed by atoms with Crippen LogP contribution in [0.3, 0.4) is 0 Å². The first-order chi connectivity index (χ1) is 14.8. The Bertz CT molecular complexity index is 872. The number of aliphatic hydroxyl groups is 1. The molecule has 1 heterocycles. The van der Waals surface area contributed by atoms with E-state index in [2.05, 4.69) is 20.5 Å². The Balaban J connectivity index is 0.00000104. The lowest BCUT2D eigenvalue weighted by atomic mass is 9.95. The summed E-state index contributed by atoms with van der Waals surface area (Å²) < 4.78 is 31.1. The molecule has 2 rings (SSSR count). The molecule has 0 fully saturated rings. The summed E-state index contributed by atoms with van der Waals surface area (Å²) in [5.74, 6) is -0.581. The first-order valence-corrected chi connectivity index (χ1v) is 9.41. The second kappa shape index (κ2) is 13.8. The van der Waals surface area contributed by atoms with E-state index in [0.717, 1.165) is 5.56 Å². The van der Waals surface area contributed by atoms with Crippen LogP contribution in [-0.4, -0.2) is 40.7 Å². The Labute approximate surface area is 185 Å². The summed E-state index contributed by atoms with van der Waals surface area (Å²) in [6.07, 6.45) is -0.0392. The number of carbonyl (C=O) groups excluding carboxylic acids is 2. The smallest absolute Gasteiger partial charge is 0.380 e. The highest BCUT2D eigenvalue weighted by molar-refractivity contribution is 5.96. The highest BCUT2D eigenvalue weighted by Gasteiger charge is 2.29. The van der Waals surface area contributed by atoms with Gasteiger partial charge in [0.15, 0.2) is 0 Å².